The molecule has 2 aromatic carbocycles. The minimum absolute atomic E-state index is 0.220. The molecular formula is C31H38F7NO2S2. The number of hydrogen-bond acceptors (Lipinski definition) is 4. The molecule has 240 valence electrons. The van der Waals surface area contributed by atoms with E-state index in [0.29, 0.717) is 35.7 Å². The first kappa shape index (κ1) is 35.4. The summed E-state index contributed by atoms with van der Waals surface area (Å²) in [5.41, 5.74) is 4.35. The molecule has 0 aromatic heterocycles. The SMILES string of the molecule is CN(CCCCCCC1=C(c2ccc(F)cc2)CCCc2c1ccc(O)c2F)CCCS(=O)SCCC(F)(F)C(F)(F)F. The first-order valence-corrected chi connectivity index (χ1v) is 17.3. The molecule has 0 bridgehead atoms. The Morgan fingerprint density at radius 1 is 0.907 bits per heavy atom. The third-order valence-corrected chi connectivity index (χ3v) is 10.6. The van der Waals surface area contributed by atoms with Gasteiger partial charge in [0.15, 0.2) is 11.6 Å². The Morgan fingerprint density at radius 2 is 1.58 bits per heavy atom. The van der Waals surface area contributed by atoms with Gasteiger partial charge in [-0.2, -0.15) is 22.0 Å². The lowest BCUT2D eigenvalue weighted by Crippen LogP contribution is -2.36. The molecule has 1 unspecified atom stereocenters. The van der Waals surface area contributed by atoms with Crippen LogP contribution in [0.25, 0.3) is 11.1 Å². The molecule has 0 radical (unpaired) electrons. The first-order chi connectivity index (χ1) is 20.3. The number of phenols is 1. The largest absolute Gasteiger partial charge is 0.505 e. The molecule has 0 heterocycles. The molecule has 1 atom stereocenters. The molecule has 3 nitrogen and oxygen atoms in total. The van der Waals surface area contributed by atoms with Crippen molar-refractivity contribution < 1.29 is 40.0 Å². The Kier molecular flexibility index (Phi) is 13.4. The fourth-order valence-corrected chi connectivity index (χ4v) is 7.73. The van der Waals surface area contributed by atoms with E-state index in [9.17, 15) is 40.0 Å². The van der Waals surface area contributed by atoms with E-state index in [4.69, 9.17) is 0 Å². The molecule has 0 fully saturated rings. The molecule has 0 amide bonds. The summed E-state index contributed by atoms with van der Waals surface area (Å²) in [6.45, 7) is 1.43. The number of allylic oxidation sites excluding steroid dienone is 2. The van der Waals surface area contributed by atoms with Crippen molar-refractivity contribution in [1.82, 2.24) is 4.90 Å². The van der Waals surface area contributed by atoms with Crippen molar-refractivity contribution in [2.45, 2.75) is 76.3 Å². The Bertz CT molecular complexity index is 1250. The Morgan fingerprint density at radius 3 is 2.28 bits per heavy atom. The number of aromatic hydroxyl groups is 1. The zero-order valence-corrected chi connectivity index (χ0v) is 25.8. The Hall–Kier alpha value is -2.05. The normalized spacial score (nSPS) is 15.1. The summed E-state index contributed by atoms with van der Waals surface area (Å²) >= 11 is 0. The second-order valence-corrected chi connectivity index (χ2v) is 14.3. The van der Waals surface area contributed by atoms with Gasteiger partial charge in [-0.25, -0.2) is 13.0 Å². The van der Waals surface area contributed by atoms with Crippen LogP contribution in [0.1, 0.15) is 74.5 Å². The van der Waals surface area contributed by atoms with Gasteiger partial charge in [0.1, 0.15) is 5.82 Å². The van der Waals surface area contributed by atoms with Gasteiger partial charge in [-0.3, -0.25) is 0 Å². The van der Waals surface area contributed by atoms with Crippen molar-refractivity contribution >= 4 is 31.8 Å². The second kappa shape index (κ2) is 16.3. The quantitative estimate of drug-likeness (QED) is 0.111. The Labute approximate surface area is 254 Å². The van der Waals surface area contributed by atoms with Crippen molar-refractivity contribution in [2.75, 3.05) is 31.6 Å². The highest BCUT2D eigenvalue weighted by Crippen LogP contribution is 2.41. The highest BCUT2D eigenvalue weighted by atomic mass is 33.1. The maximum absolute atomic E-state index is 14.8. The second-order valence-electron chi connectivity index (χ2n) is 10.8. The predicted molar refractivity (Wildman–Crippen MR) is 161 cm³/mol. The van der Waals surface area contributed by atoms with Crippen LogP contribution in [0, 0.1) is 11.6 Å². The topological polar surface area (TPSA) is 40.5 Å². The molecule has 0 spiro atoms. The molecule has 0 saturated heterocycles. The number of fused-ring (bicyclic) bond motifs is 1. The molecule has 43 heavy (non-hydrogen) atoms. The maximum atomic E-state index is 14.8. The zero-order chi connectivity index (χ0) is 31.6. The molecule has 0 aliphatic heterocycles. The van der Waals surface area contributed by atoms with E-state index in [2.05, 4.69) is 4.90 Å². The van der Waals surface area contributed by atoms with Gasteiger partial charge in [0, 0.05) is 17.9 Å². The van der Waals surface area contributed by atoms with Crippen LogP contribution < -0.4 is 0 Å². The number of benzene rings is 2. The minimum Gasteiger partial charge on any atom is -0.505 e. The van der Waals surface area contributed by atoms with Gasteiger partial charge in [-0.15, -0.1) is 0 Å². The molecule has 1 aliphatic carbocycles. The molecule has 2 aromatic rings. The summed E-state index contributed by atoms with van der Waals surface area (Å²) in [5, 5.41) is 9.94. The third-order valence-electron chi connectivity index (χ3n) is 7.57. The number of hydrogen-bond donors (Lipinski definition) is 1. The summed E-state index contributed by atoms with van der Waals surface area (Å²) in [4.78, 5) is 2.08. The number of nitrogens with zero attached hydrogens (tertiary/aromatic N) is 1. The van der Waals surface area contributed by atoms with Crippen LogP contribution in [0.4, 0.5) is 30.7 Å². The summed E-state index contributed by atoms with van der Waals surface area (Å²) in [6.07, 6.45) is -0.0778. The third kappa shape index (κ3) is 10.5. The van der Waals surface area contributed by atoms with Gasteiger partial charge in [0.25, 0.3) is 0 Å². The summed E-state index contributed by atoms with van der Waals surface area (Å²) < 4.78 is 103. The van der Waals surface area contributed by atoms with E-state index in [0.717, 1.165) is 73.8 Å². The molecule has 3 rings (SSSR count). The first-order valence-electron chi connectivity index (χ1n) is 14.4. The van der Waals surface area contributed by atoms with Crippen LogP contribution in [0.2, 0.25) is 0 Å². The van der Waals surface area contributed by atoms with Gasteiger partial charge in [-0.05, 0) is 111 Å². The molecule has 1 aliphatic rings. The smallest absolute Gasteiger partial charge is 0.453 e. The van der Waals surface area contributed by atoms with Gasteiger partial charge in [0.2, 0.25) is 0 Å². The lowest BCUT2D eigenvalue weighted by molar-refractivity contribution is -0.282. The Balaban J connectivity index is 1.43. The van der Waals surface area contributed by atoms with E-state index in [1.807, 2.05) is 7.05 Å². The van der Waals surface area contributed by atoms with E-state index >= 15 is 0 Å². The van der Waals surface area contributed by atoms with E-state index in [-0.39, 0.29) is 17.3 Å². The highest BCUT2D eigenvalue weighted by Gasteiger charge is 2.56. The van der Waals surface area contributed by atoms with E-state index in [1.54, 1.807) is 18.2 Å². The van der Waals surface area contributed by atoms with Gasteiger partial charge < -0.3 is 10.0 Å². The monoisotopic (exact) mass is 653 g/mol. The van der Waals surface area contributed by atoms with Crippen molar-refractivity contribution in [1.29, 1.82) is 0 Å². The van der Waals surface area contributed by atoms with Crippen LogP contribution in [0.15, 0.2) is 36.4 Å². The van der Waals surface area contributed by atoms with Crippen LogP contribution in [-0.2, 0) is 16.3 Å². The van der Waals surface area contributed by atoms with Crippen LogP contribution in [0.5, 0.6) is 5.75 Å². The lowest BCUT2D eigenvalue weighted by Gasteiger charge is -2.19. The maximum Gasteiger partial charge on any atom is 0.453 e. The van der Waals surface area contributed by atoms with Crippen molar-refractivity contribution in [3.05, 3.63) is 64.7 Å². The summed E-state index contributed by atoms with van der Waals surface area (Å²) in [7, 11) is 1.03. The average Bonchev–Trinajstić information content (AvgIpc) is 3.12. The predicted octanol–water partition coefficient (Wildman–Crippen LogP) is 9.17. The van der Waals surface area contributed by atoms with E-state index in [1.165, 1.54) is 18.2 Å². The van der Waals surface area contributed by atoms with Crippen molar-refractivity contribution in [2.24, 2.45) is 0 Å². The van der Waals surface area contributed by atoms with Crippen LogP contribution in [0.3, 0.4) is 0 Å². The van der Waals surface area contributed by atoms with Gasteiger partial charge in [0.05, 0.1) is 9.83 Å². The highest BCUT2D eigenvalue weighted by molar-refractivity contribution is 8.69. The number of rotatable bonds is 16. The van der Waals surface area contributed by atoms with Crippen LogP contribution >= 0.6 is 10.8 Å². The number of phenolic OH excluding ortho intramolecular Hbond substituents is 1. The standard InChI is InChI=1S/C31H38F7NO2S2/c1-39(19-7-21-43(41)42-20-17-30(34,35)31(36,37)38)18-5-3-2-4-8-25-24(22-11-13-23(32)14-12-22)9-6-10-27-26(25)15-16-28(40)29(27)33/h11-16,40H,2-10,17-21H2,1H3. The van der Waals surface area contributed by atoms with Crippen molar-refractivity contribution in [3.63, 3.8) is 0 Å². The summed E-state index contributed by atoms with van der Waals surface area (Å²) in [6, 6.07) is 9.52. The van der Waals surface area contributed by atoms with Gasteiger partial charge >= 0.3 is 12.1 Å². The molecule has 0 saturated carbocycles. The fourth-order valence-electron chi connectivity index (χ4n) is 5.21. The van der Waals surface area contributed by atoms with Crippen LogP contribution in [-0.4, -0.2) is 58.0 Å². The average molecular weight is 654 g/mol. The summed E-state index contributed by atoms with van der Waals surface area (Å²) in [5.74, 6) is -6.33. The molecule has 12 heteroatoms. The zero-order valence-electron chi connectivity index (χ0n) is 24.1. The number of unbranched alkanes of at least 4 members (excludes halogenated alkanes) is 3. The van der Waals surface area contributed by atoms with E-state index < -0.39 is 39.9 Å². The number of alkyl halides is 5. The fraction of sp³-hybridized carbons (Fsp3) is 0.548. The minimum atomic E-state index is -5.59. The van der Waals surface area contributed by atoms with Gasteiger partial charge in [-0.1, -0.05) is 41.8 Å². The lowest BCUT2D eigenvalue weighted by atomic mass is 9.89. The molecule has 1 N–H and O–H groups in total. The number of halogens is 7. The van der Waals surface area contributed by atoms with Crippen molar-refractivity contribution in [3.8, 4) is 5.75 Å². The molecular weight excluding hydrogens is 615 g/mol.